The molecule has 3 N–H and O–H groups in total. The predicted octanol–water partition coefficient (Wildman–Crippen LogP) is 4.22. The summed E-state index contributed by atoms with van der Waals surface area (Å²) in [5, 5.41) is 3.48. The summed E-state index contributed by atoms with van der Waals surface area (Å²) >= 11 is 6.87. The van der Waals surface area contributed by atoms with Gasteiger partial charge in [-0.1, -0.05) is 49.5 Å². The molecule has 0 spiro atoms. The van der Waals surface area contributed by atoms with Crippen LogP contribution in [0.3, 0.4) is 0 Å². The molecule has 0 aliphatic heterocycles. The van der Waals surface area contributed by atoms with Crippen LogP contribution in [0.1, 0.15) is 23.6 Å². The largest absolute Gasteiger partial charge is 0.389 e. The maximum Gasteiger partial charge on any atom is 0.107 e. The summed E-state index contributed by atoms with van der Waals surface area (Å²) < 4.78 is 0. The Morgan fingerprint density at radius 1 is 1.14 bits per heavy atom. The van der Waals surface area contributed by atoms with Crippen LogP contribution in [0.25, 0.3) is 0 Å². The molecular weight excluding hydrogens is 296 g/mol. The summed E-state index contributed by atoms with van der Waals surface area (Å²) in [4.78, 5) is 1.54. The van der Waals surface area contributed by atoms with Crippen molar-refractivity contribution in [2.24, 2.45) is 5.73 Å². The first-order valence-corrected chi connectivity index (χ1v) is 8.58. The van der Waals surface area contributed by atoms with E-state index in [4.69, 9.17) is 18.0 Å². The number of anilines is 1. The average molecular weight is 316 g/mol. The smallest absolute Gasteiger partial charge is 0.107 e. The molecule has 0 atom stereocenters. The first-order chi connectivity index (χ1) is 10.2. The van der Waals surface area contributed by atoms with Crippen LogP contribution in [0.2, 0.25) is 0 Å². The van der Waals surface area contributed by atoms with Gasteiger partial charge in [0.2, 0.25) is 0 Å². The molecule has 2 nitrogen and oxygen atoms in total. The Morgan fingerprint density at radius 2 is 1.86 bits per heavy atom. The molecule has 0 unspecified atom stereocenters. The first kappa shape index (κ1) is 15.9. The van der Waals surface area contributed by atoms with Gasteiger partial charge in [-0.3, -0.25) is 0 Å². The number of nitrogens with two attached hydrogens (primary N) is 1. The van der Waals surface area contributed by atoms with Crippen LogP contribution in [0.4, 0.5) is 5.69 Å². The van der Waals surface area contributed by atoms with Crippen LogP contribution in [0.5, 0.6) is 0 Å². The van der Waals surface area contributed by atoms with E-state index in [1.165, 1.54) is 11.1 Å². The minimum absolute atomic E-state index is 0.436. The zero-order valence-electron chi connectivity index (χ0n) is 12.3. The van der Waals surface area contributed by atoms with E-state index >= 15 is 0 Å². The van der Waals surface area contributed by atoms with E-state index in [-0.39, 0.29) is 0 Å². The third-order valence-electron chi connectivity index (χ3n) is 3.46. The molecule has 4 heteroatoms. The molecule has 2 aromatic rings. The summed E-state index contributed by atoms with van der Waals surface area (Å²) in [6.45, 7) is 2.95. The summed E-state index contributed by atoms with van der Waals surface area (Å²) in [7, 11) is 0. The van der Waals surface area contributed by atoms with Crippen LogP contribution in [-0.2, 0) is 13.0 Å². The van der Waals surface area contributed by atoms with Crippen molar-refractivity contribution < 1.29 is 0 Å². The fourth-order valence-electron chi connectivity index (χ4n) is 2.37. The third kappa shape index (κ3) is 3.77. The van der Waals surface area contributed by atoms with Gasteiger partial charge in [-0.05, 0) is 35.9 Å². The quantitative estimate of drug-likeness (QED) is 0.618. The van der Waals surface area contributed by atoms with Crippen molar-refractivity contribution in [2.75, 3.05) is 11.6 Å². The normalized spacial score (nSPS) is 10.4. The Kier molecular flexibility index (Phi) is 5.65. The summed E-state index contributed by atoms with van der Waals surface area (Å²) in [6.07, 6.45) is 3.07. The first-order valence-electron chi connectivity index (χ1n) is 6.94. The lowest BCUT2D eigenvalue weighted by Crippen LogP contribution is -2.14. The molecule has 0 bridgehead atoms. The average Bonchev–Trinajstić information content (AvgIpc) is 2.52. The lowest BCUT2D eigenvalue weighted by Gasteiger charge is -2.15. The van der Waals surface area contributed by atoms with Crippen LogP contribution >= 0.6 is 24.0 Å². The minimum Gasteiger partial charge on any atom is -0.389 e. The standard InChI is InChI=1S/C17H20N2S2/c1-3-12-7-4-5-8-13(12)11-19-14-9-6-10-15(21-2)16(14)17(18)20/h4-10,19H,3,11H2,1-2H3,(H2,18,20). The lowest BCUT2D eigenvalue weighted by molar-refractivity contribution is 1.04. The molecule has 0 aliphatic rings. The highest BCUT2D eigenvalue weighted by atomic mass is 32.2. The number of hydrogen-bond acceptors (Lipinski definition) is 3. The number of aryl methyl sites for hydroxylation is 1. The molecule has 21 heavy (non-hydrogen) atoms. The molecular formula is C17H20N2S2. The van der Waals surface area contributed by atoms with Gasteiger partial charge >= 0.3 is 0 Å². The molecule has 0 saturated carbocycles. The van der Waals surface area contributed by atoms with Gasteiger partial charge in [0.05, 0.1) is 0 Å². The maximum atomic E-state index is 5.89. The van der Waals surface area contributed by atoms with Crippen LogP contribution in [0, 0.1) is 0 Å². The maximum absolute atomic E-state index is 5.89. The van der Waals surface area contributed by atoms with E-state index < -0.39 is 0 Å². The zero-order valence-corrected chi connectivity index (χ0v) is 14.0. The van der Waals surface area contributed by atoms with Gasteiger partial charge in [-0.25, -0.2) is 0 Å². The van der Waals surface area contributed by atoms with Gasteiger partial charge in [0.1, 0.15) is 4.99 Å². The summed E-state index contributed by atoms with van der Waals surface area (Å²) in [6, 6.07) is 14.6. The van der Waals surface area contributed by atoms with Crippen molar-refractivity contribution in [1.29, 1.82) is 0 Å². The van der Waals surface area contributed by atoms with Crippen LogP contribution in [-0.4, -0.2) is 11.2 Å². The van der Waals surface area contributed by atoms with E-state index in [2.05, 4.69) is 36.5 Å². The van der Waals surface area contributed by atoms with Gasteiger partial charge in [-0.2, -0.15) is 0 Å². The highest BCUT2D eigenvalue weighted by Gasteiger charge is 2.10. The lowest BCUT2D eigenvalue weighted by atomic mass is 10.0. The van der Waals surface area contributed by atoms with Crippen molar-refractivity contribution >= 4 is 34.7 Å². The van der Waals surface area contributed by atoms with E-state index in [0.29, 0.717) is 4.99 Å². The molecule has 110 valence electrons. The van der Waals surface area contributed by atoms with Gasteiger partial charge in [0.15, 0.2) is 0 Å². The zero-order chi connectivity index (χ0) is 15.2. The fourth-order valence-corrected chi connectivity index (χ4v) is 3.29. The Balaban J connectivity index is 2.26. The number of thiocarbonyl (C=S) groups is 1. The van der Waals surface area contributed by atoms with Crippen molar-refractivity contribution in [1.82, 2.24) is 0 Å². The van der Waals surface area contributed by atoms with Crippen LogP contribution in [0.15, 0.2) is 47.4 Å². The van der Waals surface area contributed by atoms with E-state index in [1.807, 2.05) is 24.5 Å². The molecule has 0 radical (unpaired) electrons. The fraction of sp³-hybridized carbons (Fsp3) is 0.235. The Bertz CT molecular complexity index is 638. The Morgan fingerprint density at radius 3 is 2.48 bits per heavy atom. The highest BCUT2D eigenvalue weighted by Crippen LogP contribution is 2.27. The number of hydrogen-bond donors (Lipinski definition) is 2. The van der Waals surface area contributed by atoms with Crippen molar-refractivity contribution in [3.8, 4) is 0 Å². The topological polar surface area (TPSA) is 38.0 Å². The van der Waals surface area contributed by atoms with E-state index in [0.717, 1.165) is 29.1 Å². The van der Waals surface area contributed by atoms with Crippen molar-refractivity contribution in [3.05, 3.63) is 59.2 Å². The molecule has 0 amide bonds. The highest BCUT2D eigenvalue weighted by molar-refractivity contribution is 7.98. The second kappa shape index (κ2) is 7.48. The second-order valence-corrected chi connectivity index (χ2v) is 6.01. The molecule has 0 heterocycles. The number of rotatable bonds is 6. The summed E-state index contributed by atoms with van der Waals surface area (Å²) in [5.74, 6) is 0. The molecule has 0 fully saturated rings. The monoisotopic (exact) mass is 316 g/mol. The summed E-state index contributed by atoms with van der Waals surface area (Å²) in [5.41, 5.74) is 10.5. The molecule has 0 aliphatic carbocycles. The third-order valence-corrected chi connectivity index (χ3v) is 4.45. The SMILES string of the molecule is CCc1ccccc1CNc1cccc(SC)c1C(N)=S. The van der Waals surface area contributed by atoms with Crippen molar-refractivity contribution in [3.63, 3.8) is 0 Å². The Labute approximate surface area is 136 Å². The Hall–Kier alpha value is -1.52. The molecule has 0 aromatic heterocycles. The van der Waals surface area contributed by atoms with Gasteiger partial charge in [0, 0.05) is 22.7 Å². The van der Waals surface area contributed by atoms with E-state index in [9.17, 15) is 0 Å². The number of nitrogens with one attached hydrogen (secondary N) is 1. The minimum atomic E-state index is 0.436. The number of benzene rings is 2. The predicted molar refractivity (Wildman–Crippen MR) is 97.3 cm³/mol. The van der Waals surface area contributed by atoms with Gasteiger partial charge < -0.3 is 11.1 Å². The van der Waals surface area contributed by atoms with Crippen LogP contribution < -0.4 is 11.1 Å². The van der Waals surface area contributed by atoms with E-state index in [1.54, 1.807) is 11.8 Å². The number of thioether (sulfide) groups is 1. The van der Waals surface area contributed by atoms with Crippen molar-refractivity contribution in [2.45, 2.75) is 24.8 Å². The van der Waals surface area contributed by atoms with Gasteiger partial charge in [0.25, 0.3) is 0 Å². The second-order valence-electron chi connectivity index (χ2n) is 4.72. The molecule has 2 aromatic carbocycles. The molecule has 0 saturated heterocycles. The molecule has 2 rings (SSSR count). The van der Waals surface area contributed by atoms with Gasteiger partial charge in [-0.15, -0.1) is 11.8 Å².